The van der Waals surface area contributed by atoms with Crippen molar-refractivity contribution in [3.8, 4) is 0 Å². The van der Waals surface area contributed by atoms with Gasteiger partial charge < -0.3 is 4.90 Å². The van der Waals surface area contributed by atoms with Crippen molar-refractivity contribution in [1.82, 2.24) is 4.90 Å². The Labute approximate surface area is 69.6 Å². The lowest BCUT2D eigenvalue weighted by Crippen LogP contribution is -2.20. The van der Waals surface area contributed by atoms with E-state index in [1.807, 2.05) is 14.1 Å². The number of unbranched alkanes of at least 4 members (excludes halogenated alkanes) is 3. The van der Waals surface area contributed by atoms with Gasteiger partial charge in [-0.05, 0) is 6.42 Å². The third kappa shape index (κ3) is 5.89. The Morgan fingerprint density at radius 1 is 1.18 bits per heavy atom. The highest BCUT2D eigenvalue weighted by Crippen LogP contribution is 2.03. The minimum Gasteiger partial charge on any atom is -0.349 e. The molecule has 0 spiro atoms. The van der Waals surface area contributed by atoms with Gasteiger partial charge in [-0.1, -0.05) is 26.2 Å². The van der Waals surface area contributed by atoms with Crippen molar-refractivity contribution in [1.29, 1.82) is 0 Å². The molecule has 0 aromatic heterocycles. The van der Waals surface area contributed by atoms with Crippen LogP contribution >= 0.6 is 0 Å². The lowest BCUT2D eigenvalue weighted by Gasteiger charge is -2.08. The molecule has 0 unspecified atom stereocenters. The summed E-state index contributed by atoms with van der Waals surface area (Å²) in [4.78, 5) is 12.7. The van der Waals surface area contributed by atoms with Crippen molar-refractivity contribution in [2.75, 3.05) is 14.1 Å². The van der Waals surface area contributed by atoms with Gasteiger partial charge in [0.15, 0.2) is 0 Å². The first-order valence-corrected chi connectivity index (χ1v) is 4.38. The van der Waals surface area contributed by atoms with E-state index in [4.69, 9.17) is 0 Å². The molecule has 0 N–H and O–H groups in total. The van der Waals surface area contributed by atoms with Crippen molar-refractivity contribution in [2.45, 2.75) is 39.0 Å². The second kappa shape index (κ2) is 6.20. The maximum Gasteiger partial charge on any atom is 0.222 e. The standard InChI is InChI=1S/C9H19NO/c1-4-5-6-7-8-9(11)10(2)3/h4-8H2,1-3H3. The molecule has 0 aromatic rings. The molecule has 0 fully saturated rings. The highest BCUT2D eigenvalue weighted by molar-refractivity contribution is 5.75. The first-order chi connectivity index (χ1) is 5.18. The molecule has 1 amide bonds. The summed E-state index contributed by atoms with van der Waals surface area (Å²) >= 11 is 0. The van der Waals surface area contributed by atoms with E-state index in [-0.39, 0.29) is 5.91 Å². The van der Waals surface area contributed by atoms with Gasteiger partial charge in [-0.3, -0.25) is 4.79 Å². The van der Waals surface area contributed by atoms with Gasteiger partial charge in [0.1, 0.15) is 0 Å². The van der Waals surface area contributed by atoms with Crippen LogP contribution in [-0.4, -0.2) is 24.9 Å². The molecule has 0 aliphatic carbocycles. The zero-order valence-electron chi connectivity index (χ0n) is 7.89. The van der Waals surface area contributed by atoms with Gasteiger partial charge in [0.2, 0.25) is 5.91 Å². The summed E-state index contributed by atoms with van der Waals surface area (Å²) in [6.45, 7) is 2.17. The van der Waals surface area contributed by atoms with Gasteiger partial charge in [0.05, 0.1) is 0 Å². The van der Waals surface area contributed by atoms with Crippen LogP contribution in [0.1, 0.15) is 39.0 Å². The predicted octanol–water partition coefficient (Wildman–Crippen LogP) is 2.04. The molecular weight excluding hydrogens is 138 g/mol. The number of carbonyl (C=O) groups is 1. The highest BCUT2D eigenvalue weighted by Gasteiger charge is 2.01. The topological polar surface area (TPSA) is 20.3 Å². The first-order valence-electron chi connectivity index (χ1n) is 4.38. The summed E-state index contributed by atoms with van der Waals surface area (Å²) in [5.74, 6) is 0.251. The van der Waals surface area contributed by atoms with Crippen molar-refractivity contribution in [2.24, 2.45) is 0 Å². The van der Waals surface area contributed by atoms with Gasteiger partial charge in [-0.15, -0.1) is 0 Å². The molecule has 0 aliphatic heterocycles. The summed E-state index contributed by atoms with van der Waals surface area (Å²) in [5, 5.41) is 0. The van der Waals surface area contributed by atoms with Gasteiger partial charge >= 0.3 is 0 Å². The Morgan fingerprint density at radius 2 is 1.82 bits per heavy atom. The third-order valence-corrected chi connectivity index (χ3v) is 1.74. The van der Waals surface area contributed by atoms with Crippen LogP contribution in [0.25, 0.3) is 0 Å². The molecule has 11 heavy (non-hydrogen) atoms. The van der Waals surface area contributed by atoms with Gasteiger partial charge in [-0.2, -0.15) is 0 Å². The maximum atomic E-state index is 11.0. The van der Waals surface area contributed by atoms with Crippen molar-refractivity contribution in [3.05, 3.63) is 0 Å². The predicted molar refractivity (Wildman–Crippen MR) is 47.5 cm³/mol. The lowest BCUT2D eigenvalue weighted by atomic mass is 10.1. The largest absolute Gasteiger partial charge is 0.349 e. The molecule has 0 aliphatic rings. The van der Waals surface area contributed by atoms with Gasteiger partial charge in [0.25, 0.3) is 0 Å². The number of hydrogen-bond donors (Lipinski definition) is 0. The zero-order valence-corrected chi connectivity index (χ0v) is 7.89. The van der Waals surface area contributed by atoms with E-state index in [1.54, 1.807) is 4.90 Å². The molecule has 66 valence electrons. The Bertz CT molecular complexity index is 110. The Kier molecular flexibility index (Phi) is 5.90. The van der Waals surface area contributed by atoms with Crippen LogP contribution in [0.4, 0.5) is 0 Å². The number of carbonyl (C=O) groups excluding carboxylic acids is 1. The monoisotopic (exact) mass is 157 g/mol. The van der Waals surface area contributed by atoms with Crippen LogP contribution in [0.5, 0.6) is 0 Å². The normalized spacial score (nSPS) is 9.73. The van der Waals surface area contributed by atoms with E-state index in [1.165, 1.54) is 19.3 Å². The minimum absolute atomic E-state index is 0.251. The second-order valence-electron chi connectivity index (χ2n) is 3.10. The van der Waals surface area contributed by atoms with Crippen LogP contribution in [0, 0.1) is 0 Å². The summed E-state index contributed by atoms with van der Waals surface area (Å²) in [6, 6.07) is 0. The molecule has 0 saturated carbocycles. The highest BCUT2D eigenvalue weighted by atomic mass is 16.2. The van der Waals surface area contributed by atoms with Crippen LogP contribution in [0.3, 0.4) is 0 Å². The second-order valence-corrected chi connectivity index (χ2v) is 3.10. The number of amides is 1. The molecule has 0 heterocycles. The summed E-state index contributed by atoms with van der Waals surface area (Å²) in [7, 11) is 3.62. The molecule has 0 bridgehead atoms. The molecule has 0 saturated heterocycles. The number of hydrogen-bond acceptors (Lipinski definition) is 1. The van der Waals surface area contributed by atoms with E-state index in [0.29, 0.717) is 6.42 Å². The fraction of sp³-hybridized carbons (Fsp3) is 0.889. The molecule has 2 heteroatoms. The van der Waals surface area contributed by atoms with Crippen LogP contribution < -0.4 is 0 Å². The smallest absolute Gasteiger partial charge is 0.222 e. The van der Waals surface area contributed by atoms with E-state index in [2.05, 4.69) is 6.92 Å². The summed E-state index contributed by atoms with van der Waals surface area (Å²) < 4.78 is 0. The van der Waals surface area contributed by atoms with Crippen molar-refractivity contribution < 1.29 is 4.79 Å². The maximum absolute atomic E-state index is 11.0. The fourth-order valence-electron chi connectivity index (χ4n) is 0.927. The van der Waals surface area contributed by atoms with Crippen LogP contribution in [0.2, 0.25) is 0 Å². The van der Waals surface area contributed by atoms with Gasteiger partial charge in [-0.25, -0.2) is 0 Å². The third-order valence-electron chi connectivity index (χ3n) is 1.74. The molecule has 0 atom stereocenters. The molecule has 2 nitrogen and oxygen atoms in total. The minimum atomic E-state index is 0.251. The van der Waals surface area contributed by atoms with Crippen LogP contribution in [0.15, 0.2) is 0 Å². The Hall–Kier alpha value is -0.530. The fourth-order valence-corrected chi connectivity index (χ4v) is 0.927. The summed E-state index contributed by atoms with van der Waals surface area (Å²) in [5.41, 5.74) is 0. The number of rotatable bonds is 5. The van der Waals surface area contributed by atoms with E-state index in [9.17, 15) is 4.79 Å². The number of nitrogens with zero attached hydrogens (tertiary/aromatic N) is 1. The lowest BCUT2D eigenvalue weighted by molar-refractivity contribution is -0.128. The first kappa shape index (κ1) is 10.5. The summed E-state index contributed by atoms with van der Waals surface area (Å²) in [6.07, 6.45) is 5.44. The molecular formula is C9H19NO. The van der Waals surface area contributed by atoms with Crippen LogP contribution in [-0.2, 0) is 4.79 Å². The van der Waals surface area contributed by atoms with E-state index >= 15 is 0 Å². The van der Waals surface area contributed by atoms with E-state index < -0.39 is 0 Å². The Balaban J connectivity index is 3.18. The average Bonchev–Trinajstić information content (AvgIpc) is 1.97. The van der Waals surface area contributed by atoms with Crippen molar-refractivity contribution in [3.63, 3.8) is 0 Å². The SMILES string of the molecule is CCCCCCC(=O)N(C)C. The van der Waals surface area contributed by atoms with Gasteiger partial charge in [0, 0.05) is 20.5 Å². The average molecular weight is 157 g/mol. The zero-order chi connectivity index (χ0) is 8.69. The van der Waals surface area contributed by atoms with Crippen molar-refractivity contribution >= 4 is 5.91 Å². The molecule has 0 radical (unpaired) electrons. The quantitative estimate of drug-likeness (QED) is 0.559. The Morgan fingerprint density at radius 3 is 2.27 bits per heavy atom. The molecule has 0 aromatic carbocycles. The molecule has 0 rings (SSSR count). The van der Waals surface area contributed by atoms with E-state index in [0.717, 1.165) is 6.42 Å².